The molecule has 1 aliphatic heterocycles. The number of fused-ring (bicyclic) bond motifs is 1. The van der Waals surface area contributed by atoms with Gasteiger partial charge in [-0.1, -0.05) is 71.7 Å². The minimum Gasteiger partial charge on any atom is -0.497 e. The lowest BCUT2D eigenvalue weighted by molar-refractivity contribution is 0.343. The van der Waals surface area contributed by atoms with Crippen LogP contribution >= 0.6 is 23.2 Å². The summed E-state index contributed by atoms with van der Waals surface area (Å²) in [5.41, 5.74) is 7.53. The molecular formula is C27H23Cl2N3O4. The summed E-state index contributed by atoms with van der Waals surface area (Å²) in [6, 6.07) is 20.3. The van der Waals surface area contributed by atoms with Crippen molar-refractivity contribution in [3.63, 3.8) is 0 Å². The first-order chi connectivity index (χ1) is 17.4. The van der Waals surface area contributed by atoms with Crippen molar-refractivity contribution >= 4 is 23.2 Å². The second kappa shape index (κ2) is 9.85. The van der Waals surface area contributed by atoms with E-state index < -0.39 is 23.3 Å². The maximum Gasteiger partial charge on any atom is 0.334 e. The van der Waals surface area contributed by atoms with Crippen molar-refractivity contribution in [3.05, 3.63) is 115 Å². The molecule has 0 fully saturated rings. The van der Waals surface area contributed by atoms with Crippen molar-refractivity contribution in [2.75, 3.05) is 13.7 Å². The van der Waals surface area contributed by atoms with Crippen molar-refractivity contribution in [1.29, 1.82) is 0 Å². The second-order valence-corrected chi connectivity index (χ2v) is 9.27. The lowest BCUT2D eigenvalue weighted by atomic mass is 10.1. The predicted molar refractivity (Wildman–Crippen MR) is 140 cm³/mol. The molecule has 4 aromatic rings. The highest BCUT2D eigenvalue weighted by atomic mass is 35.5. The van der Waals surface area contributed by atoms with Gasteiger partial charge < -0.3 is 15.2 Å². The molecule has 1 aromatic heterocycles. The molecule has 184 valence electrons. The number of ether oxygens (including phenoxy) is 2. The molecule has 2 heterocycles. The van der Waals surface area contributed by atoms with Crippen molar-refractivity contribution in [2.45, 2.75) is 18.6 Å². The average molecular weight is 524 g/mol. The molecule has 3 aromatic carbocycles. The quantitative estimate of drug-likeness (QED) is 0.396. The van der Waals surface area contributed by atoms with E-state index in [0.29, 0.717) is 26.9 Å². The summed E-state index contributed by atoms with van der Waals surface area (Å²) in [6.07, 6.45) is 0. The molecule has 0 saturated carbocycles. The van der Waals surface area contributed by atoms with Crippen LogP contribution in [0.1, 0.15) is 23.2 Å². The molecule has 5 rings (SSSR count). The largest absolute Gasteiger partial charge is 0.497 e. The van der Waals surface area contributed by atoms with Gasteiger partial charge in [0.2, 0.25) is 5.88 Å². The Kier molecular flexibility index (Phi) is 6.62. The zero-order valence-corrected chi connectivity index (χ0v) is 20.9. The molecule has 2 atom stereocenters. The zero-order valence-electron chi connectivity index (χ0n) is 19.4. The molecule has 2 unspecified atom stereocenters. The summed E-state index contributed by atoms with van der Waals surface area (Å²) < 4.78 is 14.0. The fourth-order valence-corrected chi connectivity index (χ4v) is 5.18. The predicted octanol–water partition coefficient (Wildman–Crippen LogP) is 4.67. The first kappa shape index (κ1) is 24.2. The summed E-state index contributed by atoms with van der Waals surface area (Å²) >= 11 is 13.0. The van der Waals surface area contributed by atoms with Gasteiger partial charge in [-0.2, -0.15) is 0 Å². The Hall–Kier alpha value is -3.52. The van der Waals surface area contributed by atoms with Gasteiger partial charge >= 0.3 is 5.69 Å². The lowest BCUT2D eigenvalue weighted by Gasteiger charge is -2.20. The highest BCUT2D eigenvalue weighted by Gasteiger charge is 2.35. The normalized spacial score (nSPS) is 15.3. The third kappa shape index (κ3) is 4.19. The minimum atomic E-state index is -0.627. The van der Waals surface area contributed by atoms with Gasteiger partial charge in [-0.05, 0) is 35.4 Å². The Labute approximate surface area is 217 Å². The van der Waals surface area contributed by atoms with E-state index >= 15 is 0 Å². The first-order valence-electron chi connectivity index (χ1n) is 11.3. The summed E-state index contributed by atoms with van der Waals surface area (Å²) in [7, 11) is 1.54. The molecule has 7 nitrogen and oxygen atoms in total. The standard InChI is InChI=1S/C27H23Cl2N3O4/c1-35-18-10-5-9-17(13-18)23-25(33)31(14-21(30)16-7-3-2-4-8-16)27(34)32-22(15-36-26(23)32)24-19(28)11-6-12-20(24)29/h2-13,21-22H,14-15,30H2,1H3. The molecule has 0 aliphatic carbocycles. The number of hydrogen-bond acceptors (Lipinski definition) is 5. The topological polar surface area (TPSA) is 88.5 Å². The summed E-state index contributed by atoms with van der Waals surface area (Å²) in [5.74, 6) is 0.719. The van der Waals surface area contributed by atoms with E-state index in [1.165, 1.54) is 4.57 Å². The molecule has 36 heavy (non-hydrogen) atoms. The van der Waals surface area contributed by atoms with Gasteiger partial charge in [0.15, 0.2) is 0 Å². The van der Waals surface area contributed by atoms with Crippen molar-refractivity contribution in [2.24, 2.45) is 5.73 Å². The van der Waals surface area contributed by atoms with E-state index in [1.54, 1.807) is 49.6 Å². The Balaban J connectivity index is 1.75. The molecule has 0 bridgehead atoms. The number of benzene rings is 3. The number of hydrogen-bond donors (Lipinski definition) is 1. The highest BCUT2D eigenvalue weighted by molar-refractivity contribution is 6.36. The van der Waals surface area contributed by atoms with E-state index in [9.17, 15) is 9.59 Å². The Morgan fingerprint density at radius 2 is 1.72 bits per heavy atom. The van der Waals surface area contributed by atoms with Gasteiger partial charge in [0.05, 0.1) is 13.7 Å². The van der Waals surface area contributed by atoms with Gasteiger partial charge in [-0.25, -0.2) is 4.79 Å². The van der Waals surface area contributed by atoms with Crippen LogP contribution in [0.4, 0.5) is 0 Å². The van der Waals surface area contributed by atoms with Crippen molar-refractivity contribution in [3.8, 4) is 22.8 Å². The maximum absolute atomic E-state index is 13.8. The molecule has 2 N–H and O–H groups in total. The van der Waals surface area contributed by atoms with Crippen LogP contribution < -0.4 is 26.5 Å². The maximum atomic E-state index is 13.8. The fourth-order valence-electron chi connectivity index (χ4n) is 4.53. The molecule has 0 saturated heterocycles. The van der Waals surface area contributed by atoms with E-state index in [4.69, 9.17) is 38.4 Å². The van der Waals surface area contributed by atoms with Crippen LogP contribution in [-0.4, -0.2) is 22.9 Å². The van der Waals surface area contributed by atoms with E-state index in [1.807, 2.05) is 30.3 Å². The average Bonchev–Trinajstić information content (AvgIpc) is 3.31. The zero-order chi connectivity index (χ0) is 25.4. The molecule has 1 aliphatic rings. The first-order valence-corrected chi connectivity index (χ1v) is 12.1. The van der Waals surface area contributed by atoms with Crippen LogP contribution in [0, 0.1) is 0 Å². The van der Waals surface area contributed by atoms with Crippen LogP contribution in [0.2, 0.25) is 10.0 Å². The Bertz CT molecular complexity index is 1530. The number of nitrogens with two attached hydrogens (primary N) is 1. The van der Waals surface area contributed by atoms with Crippen molar-refractivity contribution < 1.29 is 9.47 Å². The van der Waals surface area contributed by atoms with Crippen LogP contribution in [0.25, 0.3) is 11.1 Å². The highest BCUT2D eigenvalue weighted by Crippen LogP contribution is 2.40. The molecule has 9 heteroatoms. The monoisotopic (exact) mass is 523 g/mol. The summed E-state index contributed by atoms with van der Waals surface area (Å²) in [5, 5.41) is 0.801. The van der Waals surface area contributed by atoms with Gasteiger partial charge in [0.1, 0.15) is 24.0 Å². The molecular weight excluding hydrogens is 501 g/mol. The number of nitrogens with zero attached hydrogens (tertiary/aromatic N) is 2. The van der Waals surface area contributed by atoms with Gasteiger partial charge in [-0.15, -0.1) is 0 Å². The van der Waals surface area contributed by atoms with Crippen LogP contribution in [0.3, 0.4) is 0 Å². The minimum absolute atomic E-state index is 0.0259. The van der Waals surface area contributed by atoms with Gasteiger partial charge in [0.25, 0.3) is 5.56 Å². The smallest absolute Gasteiger partial charge is 0.334 e. The lowest BCUT2D eigenvalue weighted by Crippen LogP contribution is -2.43. The Morgan fingerprint density at radius 3 is 2.42 bits per heavy atom. The van der Waals surface area contributed by atoms with Crippen LogP contribution in [0.5, 0.6) is 11.6 Å². The summed E-state index contributed by atoms with van der Waals surface area (Å²) in [6.45, 7) is 0.0613. The summed E-state index contributed by atoms with van der Waals surface area (Å²) in [4.78, 5) is 27.7. The SMILES string of the molecule is COc1cccc(-c2c3n(c(=O)n(CC(N)c4ccccc4)c2=O)C(c2c(Cl)cccc2Cl)CO3)c1. The molecule has 0 radical (unpaired) electrons. The molecule has 0 amide bonds. The second-order valence-electron chi connectivity index (χ2n) is 8.46. The third-order valence-electron chi connectivity index (χ3n) is 6.32. The van der Waals surface area contributed by atoms with Crippen molar-refractivity contribution in [1.82, 2.24) is 9.13 Å². The van der Waals surface area contributed by atoms with E-state index in [0.717, 1.165) is 10.1 Å². The fraction of sp³-hybridized carbons (Fsp3) is 0.185. The number of rotatable bonds is 6. The van der Waals surface area contributed by atoms with E-state index in [2.05, 4.69) is 0 Å². The van der Waals surface area contributed by atoms with Gasteiger partial charge in [-0.3, -0.25) is 13.9 Å². The van der Waals surface area contributed by atoms with Gasteiger partial charge in [0, 0.05) is 21.7 Å². The van der Waals surface area contributed by atoms with Crippen LogP contribution in [-0.2, 0) is 6.54 Å². The number of halogens is 2. The number of methoxy groups -OCH3 is 1. The Morgan fingerprint density at radius 1 is 1.03 bits per heavy atom. The number of aromatic nitrogens is 2. The van der Waals surface area contributed by atoms with E-state index in [-0.39, 0.29) is 24.6 Å². The van der Waals surface area contributed by atoms with Crippen LogP contribution in [0.15, 0.2) is 82.4 Å². The molecule has 0 spiro atoms. The third-order valence-corrected chi connectivity index (χ3v) is 6.98.